The van der Waals surface area contributed by atoms with E-state index >= 15 is 0 Å². The van der Waals surface area contributed by atoms with Crippen molar-refractivity contribution in [3.05, 3.63) is 0 Å². The summed E-state index contributed by atoms with van der Waals surface area (Å²) in [5.41, 5.74) is 5.47. The van der Waals surface area contributed by atoms with E-state index in [1.807, 2.05) is 0 Å². The molecule has 48 heavy (non-hydrogen) atoms. The fraction of sp³-hybridized carbons (Fsp3) is 0.927. The highest BCUT2D eigenvalue weighted by Gasteiger charge is 2.19. The van der Waals surface area contributed by atoms with Gasteiger partial charge in [-0.25, -0.2) is 4.79 Å². The van der Waals surface area contributed by atoms with Gasteiger partial charge in [-0.2, -0.15) is 0 Å². The highest BCUT2D eigenvalue weighted by atomic mass is 16.6. The molecule has 0 saturated carbocycles. The first-order valence-corrected chi connectivity index (χ1v) is 20.7. The second-order valence-corrected chi connectivity index (χ2v) is 13.9. The summed E-state index contributed by atoms with van der Waals surface area (Å²) in [7, 11) is 0. The molecular weight excluding hydrogens is 602 g/mol. The van der Waals surface area contributed by atoms with Gasteiger partial charge in [-0.3, -0.25) is 9.59 Å². The molecule has 7 heteroatoms. The van der Waals surface area contributed by atoms with Crippen LogP contribution in [0.2, 0.25) is 0 Å². The molecule has 0 aliphatic heterocycles. The van der Waals surface area contributed by atoms with Gasteiger partial charge in [-0.1, -0.05) is 188 Å². The number of hydrogen-bond donors (Lipinski definition) is 2. The number of unbranched alkanes of at least 4 members (excludes halogenated alkanes) is 26. The normalized spacial score (nSPS) is 11.6. The Morgan fingerprint density at radius 3 is 1.12 bits per heavy atom. The molecular formula is C41H81NO6. The van der Waals surface area contributed by atoms with Gasteiger partial charge in [0.05, 0.1) is 0 Å². The molecule has 0 fully saturated rings. The number of esters is 2. The standard InChI is InChI=1S/C24H50O.C17H31NO5/c1-3-5-7-9-11-13-15-17-19-21-23-25-24-22-20-18-16-14-12-10-8-6-4-2;1-2-3-4-5-6-7-8-9-10-11-16(21)23-17(22)14(18)12-13-15(19)20/h3-24H2,1-2H3;14H,2-13,18H2,1H3,(H,19,20)/t;14-/m.0/s1. The molecule has 0 aromatic heterocycles. The Hall–Kier alpha value is -1.47. The molecule has 0 spiro atoms. The third-order valence-corrected chi connectivity index (χ3v) is 8.96. The van der Waals surface area contributed by atoms with Crippen LogP contribution in [0.15, 0.2) is 0 Å². The van der Waals surface area contributed by atoms with Crippen molar-refractivity contribution in [2.45, 2.75) is 232 Å². The van der Waals surface area contributed by atoms with Crippen LogP contribution in [0.4, 0.5) is 0 Å². The zero-order valence-electron chi connectivity index (χ0n) is 32.2. The van der Waals surface area contributed by atoms with Crippen molar-refractivity contribution in [2.75, 3.05) is 13.2 Å². The molecule has 0 heterocycles. The molecule has 0 rings (SSSR count). The van der Waals surface area contributed by atoms with Crippen molar-refractivity contribution >= 4 is 17.9 Å². The van der Waals surface area contributed by atoms with Crippen LogP contribution in [-0.4, -0.2) is 42.3 Å². The molecule has 0 amide bonds. The predicted octanol–water partition coefficient (Wildman–Crippen LogP) is 12.0. The molecule has 7 nitrogen and oxygen atoms in total. The van der Waals surface area contributed by atoms with Crippen LogP contribution in [0.3, 0.4) is 0 Å². The summed E-state index contributed by atoms with van der Waals surface area (Å²) < 4.78 is 10.4. The zero-order valence-corrected chi connectivity index (χ0v) is 32.2. The molecule has 0 unspecified atom stereocenters. The number of ether oxygens (including phenoxy) is 2. The van der Waals surface area contributed by atoms with Crippen molar-refractivity contribution in [3.63, 3.8) is 0 Å². The van der Waals surface area contributed by atoms with Crippen molar-refractivity contribution < 1.29 is 29.0 Å². The lowest BCUT2D eigenvalue weighted by atomic mass is 10.1. The van der Waals surface area contributed by atoms with Gasteiger partial charge in [-0.15, -0.1) is 0 Å². The Balaban J connectivity index is 0. The van der Waals surface area contributed by atoms with Gasteiger partial charge in [0.25, 0.3) is 0 Å². The number of rotatable bonds is 36. The summed E-state index contributed by atoms with van der Waals surface area (Å²) in [6, 6.07) is -1.06. The Morgan fingerprint density at radius 1 is 0.479 bits per heavy atom. The SMILES string of the molecule is CCCCCCCCCCCC(=O)OC(=O)[C@@H](N)CCC(=O)O.CCCCCCCCCCCCOCCCCCCCCCCCC. The summed E-state index contributed by atoms with van der Waals surface area (Å²) in [5, 5.41) is 8.50. The van der Waals surface area contributed by atoms with Gasteiger partial charge in [0.15, 0.2) is 0 Å². The van der Waals surface area contributed by atoms with Crippen molar-refractivity contribution in [1.82, 2.24) is 0 Å². The highest BCUT2D eigenvalue weighted by molar-refractivity contribution is 5.88. The maximum Gasteiger partial charge on any atom is 0.330 e. The van der Waals surface area contributed by atoms with E-state index in [0.717, 1.165) is 26.1 Å². The minimum absolute atomic E-state index is 0.0283. The summed E-state index contributed by atoms with van der Waals surface area (Å²) in [6.45, 7) is 8.77. The Bertz CT molecular complexity index is 664. The van der Waals surface area contributed by atoms with E-state index in [1.54, 1.807) is 0 Å². The molecule has 0 aliphatic carbocycles. The van der Waals surface area contributed by atoms with Crippen LogP contribution < -0.4 is 5.73 Å². The first-order valence-electron chi connectivity index (χ1n) is 20.7. The fourth-order valence-electron chi connectivity index (χ4n) is 5.70. The number of carbonyl (C=O) groups excluding carboxylic acids is 2. The molecule has 0 aromatic carbocycles. The molecule has 0 radical (unpaired) electrons. The van der Waals surface area contributed by atoms with E-state index in [9.17, 15) is 14.4 Å². The van der Waals surface area contributed by atoms with Crippen LogP contribution >= 0.6 is 0 Å². The number of carbonyl (C=O) groups is 3. The molecule has 0 aromatic rings. The Labute approximate surface area is 297 Å². The van der Waals surface area contributed by atoms with Gasteiger partial charge >= 0.3 is 17.9 Å². The highest BCUT2D eigenvalue weighted by Crippen LogP contribution is 2.13. The number of carboxylic acid groups (broad SMARTS) is 1. The number of nitrogens with two attached hydrogens (primary N) is 1. The van der Waals surface area contributed by atoms with Crippen LogP contribution in [0.1, 0.15) is 226 Å². The maximum atomic E-state index is 11.5. The fourth-order valence-corrected chi connectivity index (χ4v) is 5.70. The van der Waals surface area contributed by atoms with Crippen molar-refractivity contribution in [2.24, 2.45) is 5.73 Å². The lowest BCUT2D eigenvalue weighted by Gasteiger charge is -2.09. The second kappa shape index (κ2) is 41.7. The monoisotopic (exact) mass is 684 g/mol. The molecule has 1 atom stereocenters. The first-order chi connectivity index (χ1) is 23.4. The van der Waals surface area contributed by atoms with E-state index in [0.29, 0.717) is 6.42 Å². The number of carboxylic acids is 1. The number of aliphatic carboxylic acids is 1. The van der Waals surface area contributed by atoms with E-state index in [-0.39, 0.29) is 19.3 Å². The second-order valence-electron chi connectivity index (χ2n) is 13.9. The van der Waals surface area contributed by atoms with Crippen LogP contribution in [0.25, 0.3) is 0 Å². The minimum Gasteiger partial charge on any atom is -0.481 e. The maximum absolute atomic E-state index is 11.5. The minimum atomic E-state index is -1.06. The topological polar surface area (TPSA) is 116 Å². The summed E-state index contributed by atoms with van der Waals surface area (Å²) in [4.78, 5) is 33.3. The zero-order chi connectivity index (χ0) is 35.8. The lowest BCUT2D eigenvalue weighted by molar-refractivity contribution is -0.160. The summed E-state index contributed by atoms with van der Waals surface area (Å²) in [5.74, 6) is -2.45. The molecule has 3 N–H and O–H groups in total. The van der Waals surface area contributed by atoms with E-state index in [2.05, 4.69) is 25.5 Å². The van der Waals surface area contributed by atoms with E-state index in [4.69, 9.17) is 15.6 Å². The first kappa shape index (κ1) is 48.6. The van der Waals surface area contributed by atoms with Gasteiger partial charge in [0.2, 0.25) is 0 Å². The van der Waals surface area contributed by atoms with Gasteiger partial charge in [0.1, 0.15) is 6.04 Å². The third-order valence-electron chi connectivity index (χ3n) is 8.96. The van der Waals surface area contributed by atoms with Crippen LogP contribution in [0, 0.1) is 0 Å². The summed E-state index contributed by atoms with van der Waals surface area (Å²) in [6.07, 6.45) is 38.4. The lowest BCUT2D eigenvalue weighted by Crippen LogP contribution is -2.34. The largest absolute Gasteiger partial charge is 0.481 e. The third kappa shape index (κ3) is 42.6. The van der Waals surface area contributed by atoms with E-state index < -0.39 is 23.9 Å². The quantitative estimate of drug-likeness (QED) is 0.0383. The smallest absolute Gasteiger partial charge is 0.330 e. The van der Waals surface area contributed by atoms with Crippen molar-refractivity contribution in [1.29, 1.82) is 0 Å². The van der Waals surface area contributed by atoms with Gasteiger partial charge in [0, 0.05) is 26.1 Å². The summed E-state index contributed by atoms with van der Waals surface area (Å²) >= 11 is 0. The van der Waals surface area contributed by atoms with Gasteiger partial charge in [-0.05, 0) is 25.7 Å². The van der Waals surface area contributed by atoms with Crippen LogP contribution in [-0.2, 0) is 23.9 Å². The Kier molecular flexibility index (Phi) is 42.3. The van der Waals surface area contributed by atoms with Crippen molar-refractivity contribution in [3.8, 4) is 0 Å². The molecule has 0 aliphatic rings. The predicted molar refractivity (Wildman–Crippen MR) is 202 cm³/mol. The molecule has 286 valence electrons. The Morgan fingerprint density at radius 2 is 0.792 bits per heavy atom. The van der Waals surface area contributed by atoms with E-state index in [1.165, 1.54) is 167 Å². The average Bonchev–Trinajstić information content (AvgIpc) is 3.07. The average molecular weight is 684 g/mol. The molecule has 0 saturated heterocycles. The number of hydrogen-bond acceptors (Lipinski definition) is 6. The van der Waals surface area contributed by atoms with Crippen LogP contribution in [0.5, 0.6) is 0 Å². The van der Waals surface area contributed by atoms with Gasteiger partial charge < -0.3 is 20.3 Å². The molecule has 0 bridgehead atoms.